The van der Waals surface area contributed by atoms with E-state index in [1.54, 1.807) is 24.4 Å². The summed E-state index contributed by atoms with van der Waals surface area (Å²) in [5.41, 5.74) is 0.365. The van der Waals surface area contributed by atoms with Crippen molar-refractivity contribution in [2.75, 3.05) is 5.32 Å². The standard InChI is InChI=1S/C13H8Cl2IN3OS/c14-9-3-1-7(5-10(9)15)12(20)19-13(21)18-11-4-2-8(16)6-17-11/h1-6H,(H2,17,18,19,20,21). The molecule has 4 nitrogen and oxygen atoms in total. The molecule has 0 saturated carbocycles. The van der Waals surface area contributed by atoms with Gasteiger partial charge >= 0.3 is 0 Å². The van der Waals surface area contributed by atoms with E-state index < -0.39 is 0 Å². The largest absolute Gasteiger partial charge is 0.317 e. The van der Waals surface area contributed by atoms with E-state index in [-0.39, 0.29) is 11.0 Å². The number of amides is 1. The van der Waals surface area contributed by atoms with Crippen molar-refractivity contribution >= 4 is 74.8 Å². The number of rotatable bonds is 2. The number of carbonyl (C=O) groups excluding carboxylic acids is 1. The van der Waals surface area contributed by atoms with Crippen LogP contribution in [0.1, 0.15) is 10.4 Å². The fourth-order valence-corrected chi connectivity index (χ4v) is 2.22. The quantitative estimate of drug-likeness (QED) is 0.532. The monoisotopic (exact) mass is 451 g/mol. The first-order valence-electron chi connectivity index (χ1n) is 5.64. The maximum Gasteiger partial charge on any atom is 0.257 e. The lowest BCUT2D eigenvalue weighted by Crippen LogP contribution is -2.34. The number of thiocarbonyl (C=S) groups is 1. The van der Waals surface area contributed by atoms with Crippen molar-refractivity contribution in [3.8, 4) is 0 Å². The topological polar surface area (TPSA) is 54.0 Å². The summed E-state index contributed by atoms with van der Waals surface area (Å²) in [6.45, 7) is 0. The summed E-state index contributed by atoms with van der Waals surface area (Å²) in [7, 11) is 0. The molecule has 0 fully saturated rings. The Bertz CT molecular complexity index is 694. The Hall–Kier alpha value is -0.960. The summed E-state index contributed by atoms with van der Waals surface area (Å²) >= 11 is 18.9. The molecule has 0 atom stereocenters. The van der Waals surface area contributed by atoms with Crippen molar-refractivity contribution in [2.45, 2.75) is 0 Å². The molecule has 2 N–H and O–H groups in total. The zero-order valence-electron chi connectivity index (χ0n) is 10.4. The highest BCUT2D eigenvalue weighted by Crippen LogP contribution is 2.22. The van der Waals surface area contributed by atoms with E-state index in [2.05, 4.69) is 38.2 Å². The van der Waals surface area contributed by atoms with Crippen molar-refractivity contribution in [1.82, 2.24) is 10.3 Å². The lowest BCUT2D eigenvalue weighted by Gasteiger charge is -2.09. The minimum absolute atomic E-state index is 0.153. The first-order chi connectivity index (χ1) is 9.95. The van der Waals surface area contributed by atoms with Crippen molar-refractivity contribution < 1.29 is 4.79 Å². The maximum absolute atomic E-state index is 12.0. The second kappa shape index (κ2) is 7.35. The van der Waals surface area contributed by atoms with Gasteiger partial charge in [-0.2, -0.15) is 0 Å². The van der Waals surface area contributed by atoms with Crippen LogP contribution in [-0.4, -0.2) is 16.0 Å². The Balaban J connectivity index is 2.00. The first kappa shape index (κ1) is 16.4. The van der Waals surface area contributed by atoms with Gasteiger partial charge in [0.25, 0.3) is 5.91 Å². The minimum Gasteiger partial charge on any atom is -0.317 e. The van der Waals surface area contributed by atoms with Gasteiger partial charge in [-0.3, -0.25) is 10.1 Å². The van der Waals surface area contributed by atoms with Gasteiger partial charge in [-0.25, -0.2) is 4.98 Å². The van der Waals surface area contributed by atoms with Gasteiger partial charge in [-0.15, -0.1) is 0 Å². The molecule has 0 bridgehead atoms. The van der Waals surface area contributed by atoms with E-state index in [4.69, 9.17) is 35.4 Å². The fourth-order valence-electron chi connectivity index (χ4n) is 1.41. The smallest absolute Gasteiger partial charge is 0.257 e. The first-order valence-corrected chi connectivity index (χ1v) is 7.89. The number of benzene rings is 1. The number of carbonyl (C=O) groups is 1. The molecule has 2 rings (SSSR count). The molecule has 21 heavy (non-hydrogen) atoms. The summed E-state index contributed by atoms with van der Waals surface area (Å²) in [6, 6.07) is 8.23. The molecule has 0 spiro atoms. The minimum atomic E-state index is -0.378. The van der Waals surface area contributed by atoms with Gasteiger partial charge in [0.2, 0.25) is 0 Å². The van der Waals surface area contributed by atoms with Crippen LogP contribution in [0.2, 0.25) is 10.0 Å². The van der Waals surface area contributed by atoms with Crippen LogP contribution in [0, 0.1) is 3.57 Å². The highest BCUT2D eigenvalue weighted by molar-refractivity contribution is 14.1. The molecule has 2 aromatic rings. The van der Waals surface area contributed by atoms with E-state index in [9.17, 15) is 4.79 Å². The van der Waals surface area contributed by atoms with Crippen LogP contribution in [0.3, 0.4) is 0 Å². The third-order valence-corrected chi connectivity index (χ3v) is 3.96. The molecule has 0 radical (unpaired) electrons. The Morgan fingerprint density at radius 3 is 2.57 bits per heavy atom. The molecule has 8 heteroatoms. The Kier molecular flexibility index (Phi) is 5.74. The zero-order valence-corrected chi connectivity index (χ0v) is 14.8. The fraction of sp³-hybridized carbons (Fsp3) is 0. The molecule has 1 aromatic heterocycles. The molecule has 1 heterocycles. The summed E-state index contributed by atoms with van der Waals surface area (Å²) in [6.07, 6.45) is 1.69. The van der Waals surface area contributed by atoms with Crippen LogP contribution in [0.15, 0.2) is 36.5 Å². The summed E-state index contributed by atoms with van der Waals surface area (Å²) in [4.78, 5) is 16.1. The summed E-state index contributed by atoms with van der Waals surface area (Å²) in [5.74, 6) is 0.173. The second-order valence-electron chi connectivity index (χ2n) is 3.90. The molecule has 1 aromatic carbocycles. The van der Waals surface area contributed by atoms with Crippen LogP contribution in [0.4, 0.5) is 5.82 Å². The second-order valence-corrected chi connectivity index (χ2v) is 6.37. The van der Waals surface area contributed by atoms with Gasteiger partial charge in [0, 0.05) is 15.3 Å². The number of hydrogen-bond donors (Lipinski definition) is 2. The van der Waals surface area contributed by atoms with E-state index in [0.717, 1.165) is 3.57 Å². The zero-order chi connectivity index (χ0) is 15.4. The normalized spacial score (nSPS) is 10.0. The predicted octanol–water partition coefficient (Wildman–Crippen LogP) is 4.12. The highest BCUT2D eigenvalue weighted by atomic mass is 127. The summed E-state index contributed by atoms with van der Waals surface area (Å²) < 4.78 is 1.00. The lowest BCUT2D eigenvalue weighted by atomic mass is 10.2. The average Bonchev–Trinajstić information content (AvgIpc) is 2.44. The van der Waals surface area contributed by atoms with E-state index in [1.807, 2.05) is 6.07 Å². The molecular weight excluding hydrogens is 444 g/mol. The lowest BCUT2D eigenvalue weighted by molar-refractivity contribution is 0.0978. The molecule has 0 aliphatic heterocycles. The Morgan fingerprint density at radius 2 is 1.95 bits per heavy atom. The number of pyridine rings is 1. The number of nitrogens with one attached hydrogen (secondary N) is 2. The molecule has 108 valence electrons. The highest BCUT2D eigenvalue weighted by Gasteiger charge is 2.10. The molecule has 1 amide bonds. The van der Waals surface area contributed by atoms with Crippen molar-refractivity contribution in [3.05, 3.63) is 55.7 Å². The van der Waals surface area contributed by atoms with Crippen molar-refractivity contribution in [1.29, 1.82) is 0 Å². The van der Waals surface area contributed by atoms with Gasteiger partial charge in [0.05, 0.1) is 10.0 Å². The average molecular weight is 452 g/mol. The Morgan fingerprint density at radius 1 is 1.19 bits per heavy atom. The third-order valence-electron chi connectivity index (χ3n) is 2.38. The van der Waals surface area contributed by atoms with E-state index >= 15 is 0 Å². The van der Waals surface area contributed by atoms with Crippen LogP contribution in [0.5, 0.6) is 0 Å². The molecule has 0 unspecified atom stereocenters. The number of hydrogen-bond acceptors (Lipinski definition) is 3. The number of halogens is 3. The van der Waals surface area contributed by atoms with Gasteiger partial charge in [0.1, 0.15) is 5.82 Å². The van der Waals surface area contributed by atoms with E-state index in [0.29, 0.717) is 21.4 Å². The molecule has 0 saturated heterocycles. The SMILES string of the molecule is O=C(NC(=S)Nc1ccc(I)cn1)c1ccc(Cl)c(Cl)c1. The van der Waals surface area contributed by atoms with Crippen LogP contribution < -0.4 is 10.6 Å². The third kappa shape index (κ3) is 4.77. The van der Waals surface area contributed by atoms with Gasteiger partial charge in [-0.1, -0.05) is 23.2 Å². The van der Waals surface area contributed by atoms with Crippen LogP contribution in [0.25, 0.3) is 0 Å². The van der Waals surface area contributed by atoms with Gasteiger partial charge in [0.15, 0.2) is 5.11 Å². The van der Waals surface area contributed by atoms with Crippen molar-refractivity contribution in [3.63, 3.8) is 0 Å². The number of aromatic nitrogens is 1. The summed E-state index contributed by atoms with van der Waals surface area (Å²) in [5, 5.41) is 6.21. The molecule has 0 aliphatic carbocycles. The number of anilines is 1. The van der Waals surface area contributed by atoms with Crippen LogP contribution in [-0.2, 0) is 0 Å². The number of nitrogens with zero attached hydrogens (tertiary/aromatic N) is 1. The maximum atomic E-state index is 12.0. The van der Waals surface area contributed by atoms with E-state index in [1.165, 1.54) is 6.07 Å². The molecular formula is C13H8Cl2IN3OS. The van der Waals surface area contributed by atoms with Crippen LogP contribution >= 0.6 is 58.0 Å². The molecule has 0 aliphatic rings. The van der Waals surface area contributed by atoms with Crippen molar-refractivity contribution in [2.24, 2.45) is 0 Å². The van der Waals surface area contributed by atoms with Gasteiger partial charge in [-0.05, 0) is 65.1 Å². The predicted molar refractivity (Wildman–Crippen MR) is 97.1 cm³/mol. The van der Waals surface area contributed by atoms with Gasteiger partial charge < -0.3 is 5.32 Å². The Labute approximate surface area is 150 Å².